The van der Waals surface area contributed by atoms with Crippen LogP contribution in [0.3, 0.4) is 0 Å². The molecule has 1 saturated carbocycles. The first-order chi connectivity index (χ1) is 9.37. The Balaban J connectivity index is 2.13. The molecule has 6 nitrogen and oxygen atoms in total. The highest BCUT2D eigenvalue weighted by molar-refractivity contribution is 7.92. The first kappa shape index (κ1) is 16.2. The van der Waals surface area contributed by atoms with E-state index in [9.17, 15) is 16.8 Å². The van der Waals surface area contributed by atoms with Crippen molar-refractivity contribution in [3.05, 3.63) is 0 Å². The molecule has 1 aliphatic carbocycles. The van der Waals surface area contributed by atoms with E-state index in [2.05, 4.69) is 0 Å². The summed E-state index contributed by atoms with van der Waals surface area (Å²) in [7, 11) is -6.47. The summed E-state index contributed by atoms with van der Waals surface area (Å²) in [6, 6.07) is 0.0575. The van der Waals surface area contributed by atoms with Gasteiger partial charge in [0.1, 0.15) is 9.84 Å². The van der Waals surface area contributed by atoms with Crippen LogP contribution in [0.2, 0.25) is 0 Å². The highest BCUT2D eigenvalue weighted by Crippen LogP contribution is 2.30. The van der Waals surface area contributed by atoms with Crippen LogP contribution in [0.1, 0.15) is 38.5 Å². The lowest BCUT2D eigenvalue weighted by Gasteiger charge is -2.33. The molecule has 1 aliphatic heterocycles. The van der Waals surface area contributed by atoms with E-state index in [-0.39, 0.29) is 30.4 Å². The predicted octanol–water partition coefficient (Wildman–Crippen LogP) is 0.0967. The number of hydrogen-bond acceptors (Lipinski definition) is 5. The molecule has 0 spiro atoms. The molecular weight excluding hydrogens is 300 g/mol. The largest absolute Gasteiger partial charge is 0.329 e. The van der Waals surface area contributed by atoms with Crippen molar-refractivity contribution in [2.24, 2.45) is 5.73 Å². The molecule has 0 unspecified atom stereocenters. The van der Waals surface area contributed by atoms with Gasteiger partial charge in [-0.25, -0.2) is 16.8 Å². The Morgan fingerprint density at radius 2 is 1.60 bits per heavy atom. The number of rotatable bonds is 5. The Bertz CT molecular complexity index is 510. The van der Waals surface area contributed by atoms with Gasteiger partial charge in [0.05, 0.1) is 16.8 Å². The number of nitrogens with zero attached hydrogens (tertiary/aromatic N) is 1. The van der Waals surface area contributed by atoms with Crippen LogP contribution in [0.4, 0.5) is 0 Å². The van der Waals surface area contributed by atoms with Gasteiger partial charge in [-0.05, 0) is 25.7 Å². The van der Waals surface area contributed by atoms with Crippen molar-refractivity contribution in [2.75, 3.05) is 24.6 Å². The molecule has 0 amide bonds. The van der Waals surface area contributed by atoms with Crippen molar-refractivity contribution in [3.63, 3.8) is 0 Å². The second kappa shape index (κ2) is 6.29. The van der Waals surface area contributed by atoms with Crippen LogP contribution in [-0.2, 0) is 19.9 Å². The van der Waals surface area contributed by atoms with Crippen LogP contribution in [-0.4, -0.2) is 57.0 Å². The van der Waals surface area contributed by atoms with Crippen molar-refractivity contribution >= 4 is 19.9 Å². The van der Waals surface area contributed by atoms with E-state index in [0.29, 0.717) is 13.1 Å². The molecule has 2 N–H and O–H groups in total. The van der Waals surface area contributed by atoms with Crippen LogP contribution in [0.15, 0.2) is 0 Å². The Labute approximate surface area is 121 Å². The topological polar surface area (TPSA) is 97.5 Å². The minimum atomic E-state index is -3.43. The summed E-state index contributed by atoms with van der Waals surface area (Å²) < 4.78 is 49.9. The smallest absolute Gasteiger partial charge is 0.217 e. The first-order valence-corrected chi connectivity index (χ1v) is 10.6. The summed E-state index contributed by atoms with van der Waals surface area (Å²) in [5, 5.41) is -0.557. The van der Waals surface area contributed by atoms with Gasteiger partial charge >= 0.3 is 0 Å². The molecule has 2 fully saturated rings. The van der Waals surface area contributed by atoms with Crippen molar-refractivity contribution in [1.82, 2.24) is 4.31 Å². The van der Waals surface area contributed by atoms with Crippen LogP contribution >= 0.6 is 0 Å². The van der Waals surface area contributed by atoms with E-state index in [1.54, 1.807) is 4.31 Å². The van der Waals surface area contributed by atoms with Crippen molar-refractivity contribution in [2.45, 2.75) is 49.8 Å². The molecule has 2 aliphatic rings. The molecule has 8 heteroatoms. The number of sulfone groups is 1. The number of hydrogen-bond donors (Lipinski definition) is 1. The van der Waals surface area contributed by atoms with E-state index in [4.69, 9.17) is 5.73 Å². The maximum absolute atomic E-state index is 12.7. The van der Waals surface area contributed by atoms with Crippen LogP contribution < -0.4 is 5.73 Å². The van der Waals surface area contributed by atoms with Gasteiger partial charge in [-0.15, -0.1) is 0 Å². The molecule has 0 bridgehead atoms. The van der Waals surface area contributed by atoms with Gasteiger partial charge < -0.3 is 5.73 Å². The Hall–Kier alpha value is -0.180. The Kier molecular flexibility index (Phi) is 5.09. The van der Waals surface area contributed by atoms with Crippen LogP contribution in [0.25, 0.3) is 0 Å². The zero-order valence-electron chi connectivity index (χ0n) is 11.7. The third kappa shape index (κ3) is 3.52. The fourth-order valence-electron chi connectivity index (χ4n) is 3.19. The highest BCUT2D eigenvalue weighted by atomic mass is 32.2. The molecule has 1 saturated heterocycles. The van der Waals surface area contributed by atoms with Gasteiger partial charge in [0, 0.05) is 19.1 Å². The van der Waals surface area contributed by atoms with E-state index in [1.165, 1.54) is 0 Å². The van der Waals surface area contributed by atoms with E-state index < -0.39 is 25.1 Å². The first-order valence-electron chi connectivity index (χ1n) is 7.28. The predicted molar refractivity (Wildman–Crippen MR) is 78.6 cm³/mol. The van der Waals surface area contributed by atoms with Crippen molar-refractivity contribution < 1.29 is 16.8 Å². The molecule has 118 valence electrons. The van der Waals surface area contributed by atoms with Gasteiger partial charge in [0.15, 0.2) is 0 Å². The van der Waals surface area contributed by atoms with E-state index in [1.807, 2.05) is 0 Å². The number of nitrogens with two attached hydrogens (primary N) is 1. The second-order valence-corrected chi connectivity index (χ2v) is 10.2. The maximum atomic E-state index is 12.7. The van der Waals surface area contributed by atoms with Crippen LogP contribution in [0, 0.1) is 0 Å². The Morgan fingerprint density at radius 1 is 1.05 bits per heavy atom. The average Bonchev–Trinajstić information content (AvgIpc) is 2.88. The standard InChI is InChI=1S/C12H24N2O4S2/c13-7-8-14(11-3-1-2-4-11)20(17,18)12-5-9-19(15,16)10-6-12/h11-12H,1-10,13H2. The molecular formula is C12H24N2O4S2. The van der Waals surface area contributed by atoms with Crippen molar-refractivity contribution in [1.29, 1.82) is 0 Å². The molecule has 0 atom stereocenters. The maximum Gasteiger partial charge on any atom is 0.217 e. The molecule has 0 aromatic heterocycles. The zero-order valence-corrected chi connectivity index (χ0v) is 13.3. The normalized spacial score (nSPS) is 25.3. The molecule has 1 heterocycles. The molecule has 0 radical (unpaired) electrons. The second-order valence-electron chi connectivity index (χ2n) is 5.73. The van der Waals surface area contributed by atoms with E-state index >= 15 is 0 Å². The SMILES string of the molecule is NCCN(C1CCCC1)S(=O)(=O)C1CCS(=O)(=O)CC1. The summed E-state index contributed by atoms with van der Waals surface area (Å²) in [4.78, 5) is 0. The van der Waals surface area contributed by atoms with Gasteiger partial charge in [-0.1, -0.05) is 12.8 Å². The Morgan fingerprint density at radius 3 is 2.10 bits per heavy atom. The van der Waals surface area contributed by atoms with Gasteiger partial charge in [-0.2, -0.15) is 4.31 Å². The molecule has 0 aromatic carbocycles. The highest BCUT2D eigenvalue weighted by Gasteiger charge is 2.39. The van der Waals surface area contributed by atoms with E-state index in [0.717, 1.165) is 25.7 Å². The van der Waals surface area contributed by atoms with Gasteiger partial charge in [-0.3, -0.25) is 0 Å². The third-order valence-corrected chi connectivity index (χ3v) is 8.49. The fourth-order valence-corrected chi connectivity index (χ4v) is 7.19. The third-order valence-electron chi connectivity index (χ3n) is 4.33. The summed E-state index contributed by atoms with van der Waals surface area (Å²) in [5.74, 6) is -0.0317. The quantitative estimate of drug-likeness (QED) is 0.773. The minimum Gasteiger partial charge on any atom is -0.329 e. The lowest BCUT2D eigenvalue weighted by atomic mass is 10.2. The molecule has 0 aromatic rings. The summed E-state index contributed by atoms with van der Waals surface area (Å²) in [5.41, 5.74) is 5.56. The molecule has 20 heavy (non-hydrogen) atoms. The lowest BCUT2D eigenvalue weighted by molar-refractivity contribution is 0.322. The van der Waals surface area contributed by atoms with Crippen molar-refractivity contribution in [3.8, 4) is 0 Å². The van der Waals surface area contributed by atoms with Crippen LogP contribution in [0.5, 0.6) is 0 Å². The fraction of sp³-hybridized carbons (Fsp3) is 1.00. The zero-order chi connectivity index (χ0) is 14.8. The van der Waals surface area contributed by atoms with Gasteiger partial charge in [0.2, 0.25) is 10.0 Å². The van der Waals surface area contributed by atoms with Gasteiger partial charge in [0.25, 0.3) is 0 Å². The lowest BCUT2D eigenvalue weighted by Crippen LogP contribution is -2.48. The molecule has 2 rings (SSSR count). The average molecular weight is 324 g/mol. The number of sulfonamides is 1. The summed E-state index contributed by atoms with van der Waals surface area (Å²) in [6.45, 7) is 0.650. The monoisotopic (exact) mass is 324 g/mol. The summed E-state index contributed by atoms with van der Waals surface area (Å²) >= 11 is 0. The summed E-state index contributed by atoms with van der Waals surface area (Å²) in [6.07, 6.45) is 4.34. The minimum absolute atomic E-state index is 0.0158.